The normalized spacial score (nSPS) is 17.6. The molecule has 0 saturated carbocycles. The van der Waals surface area contributed by atoms with E-state index in [9.17, 15) is 18.0 Å². The molecule has 0 radical (unpaired) electrons. The standard InChI is InChI=1S/C23H26F3N7O2/c1-12(15-7-16(23(24,25)26)9-17(27)8-15)28-20-18-10-32(21(34)14-3-5-35-6-4-14)11-19(18)33-13(2)30-31-22(33)29-20/h7-9,12,14H,3-6,10-11,27H2,1-2H3,(H,28,29,31). The third-order valence-corrected chi connectivity index (χ3v) is 6.65. The number of anilines is 2. The number of nitrogens with two attached hydrogens (primary N) is 1. The molecule has 1 saturated heterocycles. The van der Waals surface area contributed by atoms with E-state index in [0.29, 0.717) is 62.1 Å². The maximum absolute atomic E-state index is 13.3. The summed E-state index contributed by atoms with van der Waals surface area (Å²) in [6.45, 7) is 5.40. The van der Waals surface area contributed by atoms with Crippen molar-refractivity contribution in [3.05, 3.63) is 46.4 Å². The third kappa shape index (κ3) is 4.38. The Kier molecular flexibility index (Phi) is 5.78. The van der Waals surface area contributed by atoms with Crippen LogP contribution >= 0.6 is 0 Å². The number of hydrogen-bond acceptors (Lipinski definition) is 7. The van der Waals surface area contributed by atoms with Crippen LogP contribution in [0.3, 0.4) is 0 Å². The van der Waals surface area contributed by atoms with Crippen molar-refractivity contribution >= 4 is 23.2 Å². The number of ether oxygens (including phenoxy) is 1. The monoisotopic (exact) mass is 489 g/mol. The molecule has 12 heteroatoms. The van der Waals surface area contributed by atoms with Crippen LogP contribution in [0.1, 0.15) is 54.0 Å². The van der Waals surface area contributed by atoms with Crippen molar-refractivity contribution in [1.29, 1.82) is 0 Å². The molecule has 0 aliphatic carbocycles. The molecule has 186 valence electrons. The number of hydrogen-bond donors (Lipinski definition) is 2. The van der Waals surface area contributed by atoms with Gasteiger partial charge in [-0.3, -0.25) is 9.20 Å². The fourth-order valence-corrected chi connectivity index (χ4v) is 4.80. The number of carbonyl (C=O) groups is 1. The Hall–Kier alpha value is -3.41. The molecular formula is C23H26F3N7O2. The summed E-state index contributed by atoms with van der Waals surface area (Å²) in [4.78, 5) is 19.6. The maximum atomic E-state index is 13.3. The van der Waals surface area contributed by atoms with Crippen molar-refractivity contribution < 1.29 is 22.7 Å². The second-order valence-electron chi connectivity index (χ2n) is 9.10. The third-order valence-electron chi connectivity index (χ3n) is 6.65. The number of aromatic nitrogens is 4. The van der Waals surface area contributed by atoms with Gasteiger partial charge in [0.2, 0.25) is 5.91 Å². The van der Waals surface area contributed by atoms with E-state index < -0.39 is 17.8 Å². The number of aryl methyl sites for hydroxylation is 1. The Bertz CT molecular complexity index is 1280. The number of amides is 1. The fourth-order valence-electron chi connectivity index (χ4n) is 4.80. The van der Waals surface area contributed by atoms with E-state index in [1.165, 1.54) is 6.07 Å². The first-order chi connectivity index (χ1) is 16.6. The van der Waals surface area contributed by atoms with Crippen molar-refractivity contribution in [3.63, 3.8) is 0 Å². The molecule has 2 aromatic heterocycles. The average molecular weight is 490 g/mol. The fraction of sp³-hybridized carbons (Fsp3) is 0.478. The highest BCUT2D eigenvalue weighted by Gasteiger charge is 2.35. The second kappa shape index (κ2) is 8.67. The van der Waals surface area contributed by atoms with E-state index in [1.807, 2.05) is 11.3 Å². The predicted octanol–water partition coefficient (Wildman–Crippen LogP) is 3.48. The van der Waals surface area contributed by atoms with Crippen LogP contribution < -0.4 is 11.1 Å². The highest BCUT2D eigenvalue weighted by atomic mass is 19.4. The Labute approximate surface area is 199 Å². The number of nitrogens with zero attached hydrogens (tertiary/aromatic N) is 5. The van der Waals surface area contributed by atoms with Gasteiger partial charge in [-0.05, 0) is 50.5 Å². The van der Waals surface area contributed by atoms with E-state index in [-0.39, 0.29) is 17.5 Å². The number of nitrogens with one attached hydrogen (secondary N) is 1. The molecule has 1 aromatic carbocycles. The van der Waals surface area contributed by atoms with Gasteiger partial charge in [-0.2, -0.15) is 18.2 Å². The van der Waals surface area contributed by atoms with E-state index in [2.05, 4.69) is 20.5 Å². The average Bonchev–Trinajstić information content (AvgIpc) is 3.42. The molecule has 1 atom stereocenters. The van der Waals surface area contributed by atoms with Gasteiger partial charge in [-0.1, -0.05) is 0 Å². The summed E-state index contributed by atoms with van der Waals surface area (Å²) >= 11 is 0. The highest BCUT2D eigenvalue weighted by Crippen LogP contribution is 2.36. The molecule has 1 amide bonds. The van der Waals surface area contributed by atoms with Gasteiger partial charge in [0.05, 0.1) is 30.4 Å². The van der Waals surface area contributed by atoms with E-state index in [0.717, 1.165) is 23.4 Å². The molecule has 35 heavy (non-hydrogen) atoms. The highest BCUT2D eigenvalue weighted by molar-refractivity contribution is 5.80. The van der Waals surface area contributed by atoms with E-state index >= 15 is 0 Å². The van der Waals surface area contributed by atoms with Gasteiger partial charge < -0.3 is 20.7 Å². The minimum Gasteiger partial charge on any atom is -0.399 e. The Morgan fingerprint density at radius 1 is 1.20 bits per heavy atom. The number of nitrogen functional groups attached to an aromatic ring is 1. The van der Waals surface area contributed by atoms with Crippen LogP contribution in [0.5, 0.6) is 0 Å². The molecule has 5 rings (SSSR count). The topological polar surface area (TPSA) is 111 Å². The molecule has 3 aromatic rings. The Balaban J connectivity index is 1.48. The molecular weight excluding hydrogens is 463 g/mol. The van der Waals surface area contributed by atoms with Crippen molar-refractivity contribution in [2.24, 2.45) is 5.92 Å². The minimum atomic E-state index is -4.51. The zero-order chi connectivity index (χ0) is 24.9. The van der Waals surface area contributed by atoms with Crippen molar-refractivity contribution in [2.45, 2.75) is 52.0 Å². The summed E-state index contributed by atoms with van der Waals surface area (Å²) < 4.78 is 47.2. The van der Waals surface area contributed by atoms with E-state index in [1.54, 1.807) is 11.8 Å². The quantitative estimate of drug-likeness (QED) is 0.540. The summed E-state index contributed by atoms with van der Waals surface area (Å²) in [7, 11) is 0. The van der Waals surface area contributed by atoms with Gasteiger partial charge in [0, 0.05) is 30.4 Å². The zero-order valence-electron chi connectivity index (χ0n) is 19.4. The van der Waals surface area contributed by atoms with Crippen LogP contribution in [0.2, 0.25) is 0 Å². The van der Waals surface area contributed by atoms with Crippen molar-refractivity contribution in [2.75, 3.05) is 24.3 Å². The van der Waals surface area contributed by atoms with Gasteiger partial charge in [-0.15, -0.1) is 10.2 Å². The number of rotatable bonds is 4. The minimum absolute atomic E-state index is 0.0263. The SMILES string of the molecule is Cc1nnc2nc(NC(C)c3cc(N)cc(C(F)(F)F)c3)c3c(n12)CN(C(=O)C1CCOCC1)C3. The lowest BCUT2D eigenvalue weighted by Gasteiger charge is -2.26. The maximum Gasteiger partial charge on any atom is 0.416 e. The summed E-state index contributed by atoms with van der Waals surface area (Å²) in [5.41, 5.74) is 6.99. The molecule has 1 unspecified atom stereocenters. The number of fused-ring (bicyclic) bond motifs is 3. The van der Waals surface area contributed by atoms with Crippen LogP contribution in [0.25, 0.3) is 5.78 Å². The summed E-state index contributed by atoms with van der Waals surface area (Å²) in [6, 6.07) is 2.96. The number of halogens is 3. The van der Waals surface area contributed by atoms with Gasteiger partial charge in [-0.25, -0.2) is 0 Å². The molecule has 3 N–H and O–H groups in total. The van der Waals surface area contributed by atoms with Crippen molar-refractivity contribution in [3.8, 4) is 0 Å². The molecule has 0 bridgehead atoms. The van der Waals surface area contributed by atoms with Crippen LogP contribution in [-0.2, 0) is 28.8 Å². The molecule has 4 heterocycles. The predicted molar refractivity (Wildman–Crippen MR) is 121 cm³/mol. The van der Waals surface area contributed by atoms with Crippen LogP contribution in [-0.4, -0.2) is 43.6 Å². The van der Waals surface area contributed by atoms with Crippen molar-refractivity contribution in [1.82, 2.24) is 24.5 Å². The van der Waals surface area contributed by atoms with Crippen LogP contribution in [0.15, 0.2) is 18.2 Å². The van der Waals surface area contributed by atoms with Gasteiger partial charge in [0.1, 0.15) is 11.6 Å². The molecule has 2 aliphatic rings. The second-order valence-corrected chi connectivity index (χ2v) is 9.10. The Morgan fingerprint density at radius 2 is 1.94 bits per heavy atom. The lowest BCUT2D eigenvalue weighted by atomic mass is 9.99. The zero-order valence-corrected chi connectivity index (χ0v) is 19.4. The van der Waals surface area contributed by atoms with E-state index in [4.69, 9.17) is 10.5 Å². The first-order valence-electron chi connectivity index (χ1n) is 11.5. The van der Waals surface area contributed by atoms with Gasteiger partial charge >= 0.3 is 6.18 Å². The molecule has 2 aliphatic heterocycles. The first-order valence-corrected chi connectivity index (χ1v) is 11.5. The van der Waals surface area contributed by atoms with Gasteiger partial charge in [0.25, 0.3) is 5.78 Å². The molecule has 1 fully saturated rings. The lowest BCUT2D eigenvalue weighted by Crippen LogP contribution is -2.35. The van der Waals surface area contributed by atoms with Crippen LogP contribution in [0.4, 0.5) is 24.7 Å². The van der Waals surface area contributed by atoms with Gasteiger partial charge in [0.15, 0.2) is 0 Å². The Morgan fingerprint density at radius 3 is 2.66 bits per heavy atom. The first kappa shape index (κ1) is 23.3. The summed E-state index contributed by atoms with van der Waals surface area (Å²) in [5, 5.41) is 11.5. The lowest BCUT2D eigenvalue weighted by molar-refractivity contribution is -0.139. The molecule has 9 nitrogen and oxygen atoms in total. The van der Waals surface area contributed by atoms with Crippen LogP contribution in [0, 0.1) is 12.8 Å². The summed E-state index contributed by atoms with van der Waals surface area (Å²) in [5.74, 6) is 1.44. The number of alkyl halides is 3. The molecule has 0 spiro atoms. The largest absolute Gasteiger partial charge is 0.416 e. The number of benzene rings is 1. The smallest absolute Gasteiger partial charge is 0.399 e. The summed E-state index contributed by atoms with van der Waals surface area (Å²) in [6.07, 6.45) is -3.14. The number of carbonyl (C=O) groups excluding carboxylic acids is 1.